The first-order valence-electron chi connectivity index (χ1n) is 9.74. The number of carbonyl (C=O) groups excluding carboxylic acids is 1. The van der Waals surface area contributed by atoms with E-state index >= 15 is 0 Å². The molecule has 7 nitrogen and oxygen atoms in total. The third kappa shape index (κ3) is 6.58. The number of anilines is 1. The zero-order chi connectivity index (χ0) is 23.3. The Morgan fingerprint density at radius 2 is 1.75 bits per heavy atom. The van der Waals surface area contributed by atoms with Crippen LogP contribution in [-0.4, -0.2) is 30.6 Å². The SMILES string of the molecule is Cc1ccc(S(=O)(=O)N[C@H](C(=O)Nc2nnc(SCc3ccc(F)cc3)s2)C(C)C)cc1. The van der Waals surface area contributed by atoms with E-state index in [1.165, 1.54) is 47.4 Å². The van der Waals surface area contributed by atoms with Crippen LogP contribution in [0.3, 0.4) is 0 Å². The molecule has 32 heavy (non-hydrogen) atoms. The van der Waals surface area contributed by atoms with E-state index in [0.29, 0.717) is 10.1 Å². The molecule has 0 fully saturated rings. The number of aromatic nitrogens is 2. The minimum atomic E-state index is -3.87. The Balaban J connectivity index is 1.63. The molecule has 1 amide bonds. The number of hydrogen-bond donors (Lipinski definition) is 2. The molecule has 1 atom stereocenters. The van der Waals surface area contributed by atoms with Crippen molar-refractivity contribution in [1.29, 1.82) is 0 Å². The molecule has 2 N–H and O–H groups in total. The van der Waals surface area contributed by atoms with Crippen molar-refractivity contribution in [3.63, 3.8) is 0 Å². The van der Waals surface area contributed by atoms with Crippen LogP contribution < -0.4 is 10.0 Å². The van der Waals surface area contributed by atoms with Crippen LogP contribution >= 0.6 is 23.1 Å². The van der Waals surface area contributed by atoms with Gasteiger partial charge in [-0.15, -0.1) is 10.2 Å². The largest absolute Gasteiger partial charge is 0.299 e. The Labute approximate surface area is 194 Å². The summed E-state index contributed by atoms with van der Waals surface area (Å²) in [5.74, 6) is -0.525. The predicted molar refractivity (Wildman–Crippen MR) is 125 cm³/mol. The minimum Gasteiger partial charge on any atom is -0.299 e. The number of aryl methyl sites for hydroxylation is 1. The fraction of sp³-hybridized carbons (Fsp3) is 0.286. The van der Waals surface area contributed by atoms with Crippen molar-refractivity contribution < 1.29 is 17.6 Å². The summed E-state index contributed by atoms with van der Waals surface area (Å²) >= 11 is 2.60. The third-order valence-electron chi connectivity index (χ3n) is 4.47. The molecule has 11 heteroatoms. The maximum Gasteiger partial charge on any atom is 0.244 e. The molecule has 0 aliphatic carbocycles. The van der Waals surface area contributed by atoms with Crippen molar-refractivity contribution in [3.8, 4) is 0 Å². The zero-order valence-corrected chi connectivity index (χ0v) is 20.2. The Morgan fingerprint density at radius 1 is 1.09 bits per heavy atom. The predicted octanol–water partition coefficient (Wildman–Crippen LogP) is 4.22. The van der Waals surface area contributed by atoms with Gasteiger partial charge in [-0.1, -0.05) is 66.8 Å². The zero-order valence-electron chi connectivity index (χ0n) is 17.7. The fourth-order valence-corrected chi connectivity index (χ4v) is 5.73. The molecule has 170 valence electrons. The molecule has 1 heterocycles. The van der Waals surface area contributed by atoms with E-state index in [1.807, 2.05) is 6.92 Å². The second kappa shape index (κ2) is 10.5. The smallest absolute Gasteiger partial charge is 0.244 e. The van der Waals surface area contributed by atoms with Crippen molar-refractivity contribution in [2.45, 2.75) is 41.8 Å². The second-order valence-electron chi connectivity index (χ2n) is 7.43. The number of sulfonamides is 1. The molecule has 0 bridgehead atoms. The van der Waals surface area contributed by atoms with E-state index in [9.17, 15) is 17.6 Å². The van der Waals surface area contributed by atoms with Crippen LogP contribution in [0, 0.1) is 18.7 Å². The third-order valence-corrected chi connectivity index (χ3v) is 7.97. The Morgan fingerprint density at radius 3 is 2.38 bits per heavy atom. The number of hydrogen-bond acceptors (Lipinski definition) is 7. The molecule has 3 rings (SSSR count). The van der Waals surface area contributed by atoms with Gasteiger partial charge in [0.1, 0.15) is 11.9 Å². The lowest BCUT2D eigenvalue weighted by atomic mass is 10.1. The average Bonchev–Trinajstić information content (AvgIpc) is 3.19. The molecule has 0 aliphatic rings. The van der Waals surface area contributed by atoms with Gasteiger partial charge in [0, 0.05) is 5.75 Å². The quantitative estimate of drug-likeness (QED) is 0.341. The number of benzene rings is 2. The lowest BCUT2D eigenvalue weighted by Crippen LogP contribution is -2.47. The molecule has 1 aromatic heterocycles. The number of nitrogens with one attached hydrogen (secondary N) is 2. The molecule has 0 unspecified atom stereocenters. The highest BCUT2D eigenvalue weighted by atomic mass is 32.2. The summed E-state index contributed by atoms with van der Waals surface area (Å²) in [6, 6.07) is 11.6. The number of amides is 1. The fourth-order valence-electron chi connectivity index (χ4n) is 2.67. The molecule has 0 saturated carbocycles. The van der Waals surface area contributed by atoms with E-state index < -0.39 is 22.0 Å². The molecule has 0 spiro atoms. The van der Waals surface area contributed by atoms with Gasteiger partial charge in [-0.25, -0.2) is 12.8 Å². The monoisotopic (exact) mass is 494 g/mol. The molecular weight excluding hydrogens is 471 g/mol. The van der Waals surface area contributed by atoms with Gasteiger partial charge in [0.2, 0.25) is 21.1 Å². The topological polar surface area (TPSA) is 101 Å². The van der Waals surface area contributed by atoms with Crippen LogP contribution in [0.25, 0.3) is 0 Å². The van der Waals surface area contributed by atoms with Gasteiger partial charge in [-0.2, -0.15) is 4.72 Å². The van der Waals surface area contributed by atoms with Crippen LogP contribution in [0.2, 0.25) is 0 Å². The van der Waals surface area contributed by atoms with Crippen LogP contribution in [-0.2, 0) is 20.6 Å². The molecule has 0 saturated heterocycles. The van der Waals surface area contributed by atoms with Crippen molar-refractivity contribution in [2.24, 2.45) is 5.92 Å². The summed E-state index contributed by atoms with van der Waals surface area (Å²) in [5.41, 5.74) is 1.87. The Hall–Kier alpha value is -2.34. The molecule has 0 aliphatic heterocycles. The second-order valence-corrected chi connectivity index (χ2v) is 11.3. The van der Waals surface area contributed by atoms with E-state index in [4.69, 9.17) is 0 Å². The van der Waals surface area contributed by atoms with Crippen LogP contribution in [0.15, 0.2) is 57.8 Å². The van der Waals surface area contributed by atoms with E-state index in [-0.39, 0.29) is 21.8 Å². The van der Waals surface area contributed by atoms with Crippen LogP contribution in [0.1, 0.15) is 25.0 Å². The summed E-state index contributed by atoms with van der Waals surface area (Å²) in [4.78, 5) is 12.9. The Bertz CT molecular complexity index is 1160. The van der Waals surface area contributed by atoms with Crippen LogP contribution in [0.5, 0.6) is 0 Å². The van der Waals surface area contributed by atoms with Gasteiger partial charge < -0.3 is 0 Å². The Kier molecular flexibility index (Phi) is 7.99. The summed E-state index contributed by atoms with van der Waals surface area (Å²) < 4.78 is 41.6. The summed E-state index contributed by atoms with van der Waals surface area (Å²) in [5, 5.41) is 10.9. The molecular formula is C21H23FN4O3S3. The normalized spacial score (nSPS) is 12.7. The summed E-state index contributed by atoms with van der Waals surface area (Å²) in [6.07, 6.45) is 0. The number of rotatable bonds is 9. The molecule has 2 aromatic carbocycles. The molecule has 3 aromatic rings. The van der Waals surface area contributed by atoms with Gasteiger partial charge in [0.25, 0.3) is 0 Å². The summed E-state index contributed by atoms with van der Waals surface area (Å²) in [6.45, 7) is 5.38. The van der Waals surface area contributed by atoms with Crippen molar-refractivity contribution >= 4 is 44.2 Å². The number of thioether (sulfide) groups is 1. The number of halogens is 1. The van der Waals surface area contributed by atoms with Crippen LogP contribution in [0.4, 0.5) is 9.52 Å². The first-order chi connectivity index (χ1) is 15.1. The van der Waals surface area contributed by atoms with Crippen molar-refractivity contribution in [2.75, 3.05) is 5.32 Å². The number of carbonyl (C=O) groups is 1. The highest BCUT2D eigenvalue weighted by Gasteiger charge is 2.29. The standard InChI is InChI=1S/C21H23FN4O3S3/c1-13(2)18(26-32(28,29)17-10-4-14(3)5-11-17)19(27)23-20-24-25-21(31-20)30-12-15-6-8-16(22)9-7-15/h4-11,13,18,26H,12H2,1-3H3,(H,23,24,27)/t18-/m0/s1. The van der Waals surface area contributed by atoms with Gasteiger partial charge >= 0.3 is 0 Å². The lowest BCUT2D eigenvalue weighted by molar-refractivity contribution is -0.118. The first-order valence-corrected chi connectivity index (χ1v) is 13.0. The van der Waals surface area contributed by atoms with Gasteiger partial charge in [0.05, 0.1) is 4.90 Å². The highest BCUT2D eigenvalue weighted by molar-refractivity contribution is 8.00. The van der Waals surface area contributed by atoms with Gasteiger partial charge in [-0.3, -0.25) is 10.1 Å². The van der Waals surface area contributed by atoms with E-state index in [2.05, 4.69) is 20.2 Å². The van der Waals surface area contributed by atoms with E-state index in [1.54, 1.807) is 38.1 Å². The maximum atomic E-state index is 13.0. The molecule has 0 radical (unpaired) electrons. The average molecular weight is 495 g/mol. The van der Waals surface area contributed by atoms with E-state index in [0.717, 1.165) is 11.1 Å². The number of nitrogens with zero attached hydrogens (tertiary/aromatic N) is 2. The minimum absolute atomic E-state index is 0.0944. The van der Waals surface area contributed by atoms with Gasteiger partial charge in [0.15, 0.2) is 4.34 Å². The van der Waals surface area contributed by atoms with Crippen molar-refractivity contribution in [1.82, 2.24) is 14.9 Å². The maximum absolute atomic E-state index is 13.0. The lowest BCUT2D eigenvalue weighted by Gasteiger charge is -2.21. The summed E-state index contributed by atoms with van der Waals surface area (Å²) in [7, 11) is -3.87. The van der Waals surface area contributed by atoms with Gasteiger partial charge in [-0.05, 0) is 42.7 Å². The first kappa shape index (κ1) is 24.3. The van der Waals surface area contributed by atoms with Crippen molar-refractivity contribution in [3.05, 3.63) is 65.5 Å². The highest BCUT2D eigenvalue weighted by Crippen LogP contribution is 2.28.